The Morgan fingerprint density at radius 1 is 1.40 bits per heavy atom. The topological polar surface area (TPSA) is 47.8 Å². The maximum atomic E-state index is 13.1. The maximum Gasteiger partial charge on any atom is 0.263 e. The van der Waals surface area contributed by atoms with Crippen molar-refractivity contribution in [1.29, 1.82) is 0 Å². The molecule has 0 aliphatic heterocycles. The second-order valence-corrected chi connectivity index (χ2v) is 9.71. The zero-order chi connectivity index (χ0) is 17.6. The molecule has 0 saturated carbocycles. The number of thioether (sulfide) groups is 1. The van der Waals surface area contributed by atoms with Crippen molar-refractivity contribution >= 4 is 44.7 Å². The summed E-state index contributed by atoms with van der Waals surface area (Å²) in [6.07, 6.45) is 3.27. The van der Waals surface area contributed by atoms with E-state index in [1.54, 1.807) is 34.4 Å². The van der Waals surface area contributed by atoms with Crippen molar-refractivity contribution in [2.45, 2.75) is 57.5 Å². The van der Waals surface area contributed by atoms with Crippen LogP contribution in [0.2, 0.25) is 0 Å². The monoisotopic (exact) mass is 391 g/mol. The normalized spacial score (nSPS) is 17.2. The van der Waals surface area contributed by atoms with Gasteiger partial charge in [0.05, 0.1) is 16.1 Å². The first-order chi connectivity index (χ1) is 12.1. The van der Waals surface area contributed by atoms with Gasteiger partial charge in [0.1, 0.15) is 4.83 Å². The highest BCUT2D eigenvalue weighted by atomic mass is 32.2. The number of thiophene rings is 1. The summed E-state index contributed by atoms with van der Waals surface area (Å²) in [6.45, 7) is 6.98. The number of thiazole rings is 1. The molecule has 1 atom stereocenters. The SMILES string of the molecule is CCn1c(SCc2csc(C)n2)nc2sc3c(c2c1=O)CC[C@H](C)C3. The van der Waals surface area contributed by atoms with Gasteiger partial charge in [0.2, 0.25) is 0 Å². The number of hydrogen-bond acceptors (Lipinski definition) is 6. The first-order valence-corrected chi connectivity index (χ1v) is 11.3. The molecule has 3 heterocycles. The van der Waals surface area contributed by atoms with E-state index in [2.05, 4.69) is 17.3 Å². The van der Waals surface area contributed by atoms with E-state index in [0.717, 1.165) is 44.7 Å². The number of fused-ring (bicyclic) bond motifs is 3. The van der Waals surface area contributed by atoms with Crippen LogP contribution in [0.15, 0.2) is 15.3 Å². The summed E-state index contributed by atoms with van der Waals surface area (Å²) >= 11 is 5.00. The molecule has 0 unspecified atom stereocenters. The minimum atomic E-state index is 0.136. The van der Waals surface area contributed by atoms with Crippen LogP contribution < -0.4 is 5.56 Å². The number of aromatic nitrogens is 3. The predicted molar refractivity (Wildman–Crippen MR) is 107 cm³/mol. The van der Waals surface area contributed by atoms with Gasteiger partial charge in [-0.25, -0.2) is 9.97 Å². The summed E-state index contributed by atoms with van der Waals surface area (Å²) in [5.41, 5.74) is 2.46. The van der Waals surface area contributed by atoms with E-state index < -0.39 is 0 Å². The third-order valence-corrected chi connectivity index (χ3v) is 7.69. The van der Waals surface area contributed by atoms with Gasteiger partial charge in [-0.05, 0) is 44.6 Å². The largest absolute Gasteiger partial charge is 0.287 e. The van der Waals surface area contributed by atoms with Crippen LogP contribution in [-0.4, -0.2) is 14.5 Å². The zero-order valence-corrected chi connectivity index (χ0v) is 17.1. The van der Waals surface area contributed by atoms with E-state index >= 15 is 0 Å². The van der Waals surface area contributed by atoms with Crippen molar-refractivity contribution in [3.63, 3.8) is 0 Å². The zero-order valence-electron chi connectivity index (χ0n) is 14.7. The molecule has 7 heteroatoms. The van der Waals surface area contributed by atoms with Crippen LogP contribution >= 0.6 is 34.4 Å². The summed E-state index contributed by atoms with van der Waals surface area (Å²) in [4.78, 5) is 24.8. The highest BCUT2D eigenvalue weighted by Gasteiger charge is 2.24. The molecule has 0 aromatic carbocycles. The Hall–Kier alpha value is -1.18. The Balaban J connectivity index is 1.75. The van der Waals surface area contributed by atoms with Gasteiger partial charge in [0.25, 0.3) is 5.56 Å². The lowest BCUT2D eigenvalue weighted by molar-refractivity contribution is 0.509. The lowest BCUT2D eigenvalue weighted by Gasteiger charge is -2.17. The Bertz CT molecular complexity index is 986. The summed E-state index contributed by atoms with van der Waals surface area (Å²) < 4.78 is 1.83. The number of aryl methyl sites for hydroxylation is 2. The van der Waals surface area contributed by atoms with Crippen molar-refractivity contribution in [3.05, 3.63) is 36.9 Å². The molecule has 3 aromatic heterocycles. The van der Waals surface area contributed by atoms with Gasteiger partial charge >= 0.3 is 0 Å². The standard InChI is InChI=1S/C18H21N3OS3/c1-4-21-17(22)15-13-6-5-10(2)7-14(13)25-16(15)20-18(21)24-9-12-8-23-11(3)19-12/h8,10H,4-7,9H2,1-3H3/t10-/m0/s1. The highest BCUT2D eigenvalue weighted by Crippen LogP contribution is 2.36. The van der Waals surface area contributed by atoms with Crippen molar-refractivity contribution < 1.29 is 0 Å². The fourth-order valence-corrected chi connectivity index (χ4v) is 6.50. The van der Waals surface area contributed by atoms with Crippen molar-refractivity contribution in [2.24, 2.45) is 5.92 Å². The molecule has 4 rings (SSSR count). The quantitative estimate of drug-likeness (QED) is 0.479. The molecule has 0 fully saturated rings. The van der Waals surface area contributed by atoms with E-state index in [4.69, 9.17) is 4.98 Å². The van der Waals surface area contributed by atoms with Gasteiger partial charge < -0.3 is 0 Å². The fourth-order valence-electron chi connectivity index (χ4n) is 3.41. The number of rotatable bonds is 4. The number of nitrogens with zero attached hydrogens (tertiary/aromatic N) is 3. The minimum Gasteiger partial charge on any atom is -0.287 e. The summed E-state index contributed by atoms with van der Waals surface area (Å²) in [5, 5.41) is 4.85. The molecule has 0 saturated heterocycles. The predicted octanol–water partition coefficient (Wildman–Crippen LogP) is 4.66. The van der Waals surface area contributed by atoms with E-state index in [1.807, 2.05) is 18.4 Å². The van der Waals surface area contributed by atoms with Crippen LogP contribution in [0.5, 0.6) is 0 Å². The average molecular weight is 392 g/mol. The molecule has 1 aliphatic rings. The Morgan fingerprint density at radius 3 is 2.96 bits per heavy atom. The third-order valence-electron chi connectivity index (χ3n) is 4.71. The van der Waals surface area contributed by atoms with Crippen LogP contribution in [0.4, 0.5) is 0 Å². The smallest absolute Gasteiger partial charge is 0.263 e. The molecule has 25 heavy (non-hydrogen) atoms. The van der Waals surface area contributed by atoms with Gasteiger partial charge in [-0.1, -0.05) is 18.7 Å². The van der Waals surface area contributed by atoms with Crippen LogP contribution in [0.3, 0.4) is 0 Å². The number of hydrogen-bond donors (Lipinski definition) is 0. The van der Waals surface area contributed by atoms with Crippen molar-refractivity contribution in [3.8, 4) is 0 Å². The fraction of sp³-hybridized carbons (Fsp3) is 0.500. The lowest BCUT2D eigenvalue weighted by atomic mass is 9.89. The summed E-state index contributed by atoms with van der Waals surface area (Å²) in [6, 6.07) is 0. The molecule has 1 aliphatic carbocycles. The molecule has 0 N–H and O–H groups in total. The molecule has 0 amide bonds. The van der Waals surface area contributed by atoms with E-state index in [9.17, 15) is 4.79 Å². The van der Waals surface area contributed by atoms with Gasteiger partial charge in [0.15, 0.2) is 5.16 Å². The van der Waals surface area contributed by atoms with Gasteiger partial charge in [-0.2, -0.15) is 0 Å². The molecule has 0 spiro atoms. The Morgan fingerprint density at radius 2 is 2.24 bits per heavy atom. The van der Waals surface area contributed by atoms with Crippen molar-refractivity contribution in [1.82, 2.24) is 14.5 Å². The Labute approximate surface area is 159 Å². The second kappa shape index (κ2) is 6.85. The van der Waals surface area contributed by atoms with Crippen LogP contribution in [0.25, 0.3) is 10.2 Å². The molecule has 0 bridgehead atoms. The minimum absolute atomic E-state index is 0.136. The molecule has 0 radical (unpaired) electrons. The average Bonchev–Trinajstić information content (AvgIpc) is 3.15. The molecule has 3 aromatic rings. The van der Waals surface area contributed by atoms with E-state index in [0.29, 0.717) is 12.5 Å². The summed E-state index contributed by atoms with van der Waals surface area (Å²) in [5.74, 6) is 1.46. The molecule has 4 nitrogen and oxygen atoms in total. The maximum absolute atomic E-state index is 13.1. The second-order valence-electron chi connectivity index (χ2n) is 6.62. The van der Waals surface area contributed by atoms with Crippen LogP contribution in [0, 0.1) is 12.8 Å². The summed E-state index contributed by atoms with van der Waals surface area (Å²) in [7, 11) is 0. The van der Waals surface area contributed by atoms with Crippen LogP contribution in [-0.2, 0) is 25.1 Å². The molecular formula is C18H21N3OS3. The van der Waals surface area contributed by atoms with Crippen LogP contribution in [0.1, 0.15) is 41.4 Å². The van der Waals surface area contributed by atoms with E-state index in [1.165, 1.54) is 16.9 Å². The molecule has 132 valence electrons. The lowest BCUT2D eigenvalue weighted by Crippen LogP contribution is -2.23. The molecular weight excluding hydrogens is 370 g/mol. The van der Waals surface area contributed by atoms with E-state index in [-0.39, 0.29) is 5.56 Å². The first kappa shape index (κ1) is 17.2. The Kier molecular flexibility index (Phi) is 4.73. The van der Waals surface area contributed by atoms with Gasteiger partial charge in [0, 0.05) is 22.6 Å². The van der Waals surface area contributed by atoms with Gasteiger partial charge in [-0.15, -0.1) is 22.7 Å². The van der Waals surface area contributed by atoms with Gasteiger partial charge in [-0.3, -0.25) is 9.36 Å². The third kappa shape index (κ3) is 3.17. The first-order valence-electron chi connectivity index (χ1n) is 8.65. The highest BCUT2D eigenvalue weighted by molar-refractivity contribution is 7.98. The van der Waals surface area contributed by atoms with Crippen molar-refractivity contribution in [2.75, 3.05) is 0 Å².